The fourth-order valence-electron chi connectivity index (χ4n) is 6.87. The fraction of sp³-hybridized carbons (Fsp3) is 0.576. The van der Waals surface area contributed by atoms with Gasteiger partial charge in [-0.2, -0.15) is 13.2 Å². The molecule has 0 nitrogen and oxygen atoms in total. The summed E-state index contributed by atoms with van der Waals surface area (Å²) >= 11 is 0. The second-order valence-corrected chi connectivity index (χ2v) is 11.8. The maximum absolute atomic E-state index is 14.9. The third-order valence-corrected chi connectivity index (χ3v) is 9.29. The molecule has 2 fully saturated rings. The lowest BCUT2D eigenvalue weighted by molar-refractivity contribution is -0.0690. The highest BCUT2D eigenvalue weighted by molar-refractivity contribution is 5.73. The third kappa shape index (κ3) is 7.49. The maximum atomic E-state index is 14.9. The van der Waals surface area contributed by atoms with Gasteiger partial charge in [0, 0.05) is 5.56 Å². The Bertz CT molecular complexity index is 1090. The number of hydrogen-bond donors (Lipinski definition) is 0. The Morgan fingerprint density at radius 1 is 0.769 bits per heavy atom. The minimum atomic E-state index is -4.97. The molecule has 0 aromatic heterocycles. The van der Waals surface area contributed by atoms with Gasteiger partial charge < -0.3 is 0 Å². The summed E-state index contributed by atoms with van der Waals surface area (Å²) in [6.45, 7) is 5.04. The number of aryl methyl sites for hydroxylation is 1. The van der Waals surface area contributed by atoms with E-state index in [1.54, 1.807) is 6.07 Å². The Morgan fingerprint density at radius 3 is 1.79 bits per heavy atom. The van der Waals surface area contributed by atoms with E-state index in [9.17, 15) is 26.3 Å². The molecule has 0 saturated heterocycles. The van der Waals surface area contributed by atoms with Crippen molar-refractivity contribution in [3.05, 3.63) is 65.5 Å². The molecule has 0 bridgehead atoms. The van der Waals surface area contributed by atoms with Crippen molar-refractivity contribution in [3.8, 4) is 11.1 Å². The van der Waals surface area contributed by atoms with Crippen LogP contribution in [0.3, 0.4) is 0 Å². The van der Waals surface area contributed by atoms with Gasteiger partial charge in [0.05, 0.1) is 11.1 Å². The van der Waals surface area contributed by atoms with Crippen molar-refractivity contribution in [2.24, 2.45) is 23.7 Å². The summed E-state index contributed by atoms with van der Waals surface area (Å²) in [7, 11) is 0. The molecule has 6 heteroatoms. The van der Waals surface area contributed by atoms with Crippen molar-refractivity contribution in [2.75, 3.05) is 0 Å². The molecule has 2 saturated carbocycles. The molecule has 0 unspecified atom stereocenters. The summed E-state index contributed by atoms with van der Waals surface area (Å²) in [6, 6.07) is 6.01. The first kappa shape index (κ1) is 29.7. The predicted octanol–water partition coefficient (Wildman–Crippen LogP) is 11.1. The molecule has 0 heterocycles. The highest BCUT2D eigenvalue weighted by Gasteiger charge is 2.36. The normalized spacial score (nSPS) is 24.1. The van der Waals surface area contributed by atoms with E-state index in [4.69, 9.17) is 0 Å². The van der Waals surface area contributed by atoms with Gasteiger partial charge in [0.2, 0.25) is 0 Å². The quantitative estimate of drug-likeness (QED) is 0.272. The first-order valence-corrected chi connectivity index (χ1v) is 14.6. The van der Waals surface area contributed by atoms with Gasteiger partial charge in [-0.3, -0.25) is 0 Å². The second-order valence-electron chi connectivity index (χ2n) is 11.8. The van der Waals surface area contributed by atoms with Crippen LogP contribution in [0.25, 0.3) is 16.7 Å². The fourth-order valence-corrected chi connectivity index (χ4v) is 6.87. The Kier molecular flexibility index (Phi) is 9.87. The van der Waals surface area contributed by atoms with Crippen LogP contribution in [0.5, 0.6) is 0 Å². The van der Waals surface area contributed by atoms with Crippen LogP contribution in [-0.2, 0) is 6.42 Å². The zero-order valence-corrected chi connectivity index (χ0v) is 22.9. The molecular formula is C33H40F6. The predicted molar refractivity (Wildman–Crippen MR) is 146 cm³/mol. The molecule has 0 radical (unpaired) electrons. The number of allylic oxidation sites excluding steroid dienone is 1. The van der Waals surface area contributed by atoms with E-state index < -0.39 is 34.8 Å². The number of hydrogen-bond acceptors (Lipinski definition) is 0. The lowest BCUT2D eigenvalue weighted by Gasteiger charge is -2.38. The van der Waals surface area contributed by atoms with E-state index in [0.717, 1.165) is 48.3 Å². The largest absolute Gasteiger partial charge is 0.416 e. The van der Waals surface area contributed by atoms with Gasteiger partial charge in [-0.25, -0.2) is 13.2 Å². The van der Waals surface area contributed by atoms with Crippen LogP contribution in [0.4, 0.5) is 26.3 Å². The number of unbranched alkanes of at least 4 members (excludes halogenated alkanes) is 1. The standard InChI is InChI=1S/C33H40F6/c1-3-4-5-22-8-13-25(14-9-22)26-15-10-23(11-16-26)6-7-24-12-17-28(29(34)18-24)27-19-30(35)32(31(36)20-27)21(2)33(37,38)39/h12,17-20,22-23,25-26H,2-11,13-16H2,1H3. The highest BCUT2D eigenvalue weighted by atomic mass is 19.4. The topological polar surface area (TPSA) is 0 Å². The second kappa shape index (κ2) is 13.0. The molecule has 0 atom stereocenters. The van der Waals surface area contributed by atoms with Gasteiger partial charge in [0.15, 0.2) is 0 Å². The first-order chi connectivity index (χ1) is 18.6. The van der Waals surface area contributed by atoms with Gasteiger partial charge in [0.25, 0.3) is 0 Å². The molecular weight excluding hydrogens is 510 g/mol. The minimum Gasteiger partial charge on any atom is -0.206 e. The zero-order chi connectivity index (χ0) is 28.2. The van der Waals surface area contributed by atoms with Crippen LogP contribution >= 0.6 is 0 Å². The SMILES string of the molecule is C=C(c1c(F)cc(-c2ccc(CCC3CCC(C4CCC(CCCC)CC4)CC3)cc2F)cc1F)C(F)(F)F. The minimum absolute atomic E-state index is 0.0503. The third-order valence-electron chi connectivity index (χ3n) is 9.29. The summed E-state index contributed by atoms with van der Waals surface area (Å²) in [6.07, 6.45) is 11.4. The van der Waals surface area contributed by atoms with E-state index in [2.05, 4.69) is 13.5 Å². The molecule has 2 aromatic rings. The van der Waals surface area contributed by atoms with Crippen molar-refractivity contribution in [3.63, 3.8) is 0 Å². The van der Waals surface area contributed by atoms with Gasteiger partial charge >= 0.3 is 6.18 Å². The van der Waals surface area contributed by atoms with E-state index in [0.29, 0.717) is 5.92 Å². The smallest absolute Gasteiger partial charge is 0.206 e. The summed E-state index contributed by atoms with van der Waals surface area (Å²) in [5.41, 5.74) is -2.23. The van der Waals surface area contributed by atoms with Crippen LogP contribution in [0, 0.1) is 41.1 Å². The van der Waals surface area contributed by atoms with Crippen LogP contribution in [0.15, 0.2) is 36.9 Å². The average Bonchev–Trinajstić information content (AvgIpc) is 2.90. The number of alkyl halides is 3. The monoisotopic (exact) mass is 550 g/mol. The van der Waals surface area contributed by atoms with Crippen molar-refractivity contribution in [2.45, 2.75) is 96.6 Å². The summed E-state index contributed by atoms with van der Waals surface area (Å²) in [5, 5.41) is 0. The molecule has 214 valence electrons. The molecule has 2 aromatic carbocycles. The molecule has 4 rings (SSSR count). The van der Waals surface area contributed by atoms with Crippen LogP contribution in [-0.4, -0.2) is 6.18 Å². The summed E-state index contributed by atoms with van der Waals surface area (Å²) in [4.78, 5) is 0. The van der Waals surface area contributed by atoms with Crippen molar-refractivity contribution >= 4 is 5.57 Å². The lowest BCUT2D eigenvalue weighted by Crippen LogP contribution is -2.26. The van der Waals surface area contributed by atoms with Crippen LogP contribution in [0.1, 0.15) is 95.1 Å². The Labute approximate surface area is 228 Å². The number of halogens is 6. The van der Waals surface area contributed by atoms with Gasteiger partial charge in [-0.1, -0.05) is 70.6 Å². The van der Waals surface area contributed by atoms with Gasteiger partial charge in [0.1, 0.15) is 17.5 Å². The lowest BCUT2D eigenvalue weighted by atomic mass is 9.68. The number of rotatable bonds is 9. The summed E-state index contributed by atoms with van der Waals surface area (Å²) < 4.78 is 82.4. The highest BCUT2D eigenvalue weighted by Crippen LogP contribution is 2.43. The zero-order valence-electron chi connectivity index (χ0n) is 22.9. The molecule has 0 N–H and O–H groups in total. The summed E-state index contributed by atoms with van der Waals surface area (Å²) in [5.74, 6) is -0.177. The Hall–Kier alpha value is -2.24. The number of benzene rings is 2. The Balaban J connectivity index is 1.29. The maximum Gasteiger partial charge on any atom is 0.416 e. The van der Waals surface area contributed by atoms with E-state index in [1.807, 2.05) is 0 Å². The molecule has 0 amide bonds. The molecule has 39 heavy (non-hydrogen) atoms. The molecule has 0 spiro atoms. The molecule has 2 aliphatic carbocycles. The van der Waals surface area contributed by atoms with Crippen LogP contribution < -0.4 is 0 Å². The van der Waals surface area contributed by atoms with E-state index in [1.165, 1.54) is 82.8 Å². The van der Waals surface area contributed by atoms with Gasteiger partial charge in [-0.05, 0) is 91.5 Å². The Morgan fingerprint density at radius 2 is 1.31 bits per heavy atom. The average molecular weight is 551 g/mol. The first-order valence-electron chi connectivity index (χ1n) is 14.6. The van der Waals surface area contributed by atoms with Crippen molar-refractivity contribution in [1.29, 1.82) is 0 Å². The molecule has 2 aliphatic rings. The molecule has 0 aliphatic heterocycles. The van der Waals surface area contributed by atoms with E-state index in [-0.39, 0.29) is 11.1 Å². The van der Waals surface area contributed by atoms with Crippen molar-refractivity contribution < 1.29 is 26.3 Å². The van der Waals surface area contributed by atoms with E-state index >= 15 is 0 Å². The van der Waals surface area contributed by atoms with Crippen LogP contribution in [0.2, 0.25) is 0 Å². The van der Waals surface area contributed by atoms with Gasteiger partial charge in [-0.15, -0.1) is 0 Å². The van der Waals surface area contributed by atoms with Crippen molar-refractivity contribution in [1.82, 2.24) is 0 Å².